The van der Waals surface area contributed by atoms with E-state index in [0.717, 1.165) is 54.9 Å². The van der Waals surface area contributed by atoms with Crippen LogP contribution in [0.5, 0.6) is 0 Å². The van der Waals surface area contributed by atoms with Gasteiger partial charge in [-0.3, -0.25) is 0 Å². The van der Waals surface area contributed by atoms with Crippen molar-refractivity contribution in [1.82, 2.24) is 19.5 Å². The third kappa shape index (κ3) is 5.16. The Labute approximate surface area is 200 Å². The summed E-state index contributed by atoms with van der Waals surface area (Å²) in [5, 5.41) is 3.38. The van der Waals surface area contributed by atoms with Gasteiger partial charge in [-0.1, -0.05) is 49.6 Å². The summed E-state index contributed by atoms with van der Waals surface area (Å²) in [4.78, 5) is 14.1. The Morgan fingerprint density at radius 3 is 2.50 bits per heavy atom. The fraction of sp³-hybridized carbons (Fsp3) is 0.321. The molecule has 1 aliphatic rings. The highest BCUT2D eigenvalue weighted by Crippen LogP contribution is 2.37. The molecular weight excluding hydrogens is 425 g/mol. The summed E-state index contributed by atoms with van der Waals surface area (Å²) in [6, 6.07) is 19.4. The predicted molar refractivity (Wildman–Crippen MR) is 134 cm³/mol. The number of rotatable bonds is 8. The van der Waals surface area contributed by atoms with Gasteiger partial charge in [0.25, 0.3) is 0 Å². The number of nitrogens with one attached hydrogen (secondary N) is 1. The molecule has 0 spiro atoms. The monoisotopic (exact) mass is 455 g/mol. The van der Waals surface area contributed by atoms with Crippen LogP contribution in [0.1, 0.15) is 50.1 Å². The van der Waals surface area contributed by atoms with Crippen molar-refractivity contribution in [3.8, 4) is 22.6 Å². The number of aryl methyl sites for hydroxylation is 1. The molecule has 6 heteroatoms. The van der Waals surface area contributed by atoms with Gasteiger partial charge in [0, 0.05) is 24.3 Å². The molecule has 2 aromatic carbocycles. The zero-order valence-electron chi connectivity index (χ0n) is 19.3. The maximum atomic E-state index is 13.6. The lowest BCUT2D eigenvalue weighted by Crippen LogP contribution is -2.14. The van der Waals surface area contributed by atoms with Crippen LogP contribution < -0.4 is 5.32 Å². The first kappa shape index (κ1) is 22.3. The van der Waals surface area contributed by atoms with Crippen LogP contribution in [0, 0.1) is 5.82 Å². The Hall–Kier alpha value is -3.54. The maximum absolute atomic E-state index is 13.6. The van der Waals surface area contributed by atoms with Crippen LogP contribution in [0.2, 0.25) is 0 Å². The van der Waals surface area contributed by atoms with E-state index in [0.29, 0.717) is 12.0 Å². The second kappa shape index (κ2) is 10.6. The van der Waals surface area contributed by atoms with Crippen LogP contribution in [-0.4, -0.2) is 26.1 Å². The van der Waals surface area contributed by atoms with Crippen molar-refractivity contribution in [1.29, 1.82) is 0 Å². The van der Waals surface area contributed by atoms with Crippen LogP contribution >= 0.6 is 0 Å². The summed E-state index contributed by atoms with van der Waals surface area (Å²) in [5.41, 5.74) is 4.87. The summed E-state index contributed by atoms with van der Waals surface area (Å²) in [6.07, 6.45) is 11.8. The first-order valence-corrected chi connectivity index (χ1v) is 12.2. The number of nitrogens with zero attached hydrogens (tertiary/aromatic N) is 4. The van der Waals surface area contributed by atoms with Crippen molar-refractivity contribution in [2.24, 2.45) is 0 Å². The Morgan fingerprint density at radius 2 is 1.71 bits per heavy atom. The molecule has 4 aromatic rings. The van der Waals surface area contributed by atoms with Crippen LogP contribution in [0.3, 0.4) is 0 Å². The van der Waals surface area contributed by atoms with Crippen molar-refractivity contribution in [2.75, 3.05) is 11.9 Å². The lowest BCUT2D eigenvalue weighted by Gasteiger charge is -2.25. The molecule has 0 amide bonds. The van der Waals surface area contributed by atoms with Crippen molar-refractivity contribution in [3.63, 3.8) is 0 Å². The van der Waals surface area contributed by atoms with E-state index in [-0.39, 0.29) is 5.82 Å². The Morgan fingerprint density at radius 1 is 0.912 bits per heavy atom. The minimum absolute atomic E-state index is 0.249. The van der Waals surface area contributed by atoms with Crippen LogP contribution in [0.25, 0.3) is 22.6 Å². The van der Waals surface area contributed by atoms with Gasteiger partial charge in [-0.15, -0.1) is 0 Å². The summed E-state index contributed by atoms with van der Waals surface area (Å²) < 4.78 is 15.9. The van der Waals surface area contributed by atoms with E-state index in [9.17, 15) is 4.39 Å². The second-order valence-electron chi connectivity index (χ2n) is 8.93. The quantitative estimate of drug-likeness (QED) is 0.301. The van der Waals surface area contributed by atoms with E-state index in [4.69, 9.17) is 9.97 Å². The van der Waals surface area contributed by atoms with Gasteiger partial charge in [0.1, 0.15) is 5.82 Å². The summed E-state index contributed by atoms with van der Waals surface area (Å²) in [6.45, 7) is 0.797. The van der Waals surface area contributed by atoms with E-state index in [1.165, 1.54) is 37.0 Å². The summed E-state index contributed by atoms with van der Waals surface area (Å²) in [5.74, 6) is 0.369. The standard InChI is InChI=1S/C28H30FN5/c29-23-15-13-22(14-16-23)26-27(34(20-32-26)24-11-5-2-6-12-24)25-17-19-31-28(33-25)30-18-7-10-21-8-3-1-4-9-21/h1,3-4,8-9,13-17,19-20,24H,2,5-7,10-12,18H2,(H,30,31,33). The smallest absolute Gasteiger partial charge is 0.223 e. The Balaban J connectivity index is 1.40. The van der Waals surface area contributed by atoms with Gasteiger partial charge < -0.3 is 9.88 Å². The fourth-order valence-corrected chi connectivity index (χ4v) is 4.78. The molecule has 1 fully saturated rings. The number of hydrogen-bond acceptors (Lipinski definition) is 4. The molecule has 0 unspecified atom stereocenters. The average molecular weight is 456 g/mol. The van der Waals surface area contributed by atoms with Crippen LogP contribution in [-0.2, 0) is 6.42 Å². The molecule has 1 aliphatic carbocycles. The summed E-state index contributed by atoms with van der Waals surface area (Å²) >= 11 is 0. The van der Waals surface area contributed by atoms with Gasteiger partial charge in [0.05, 0.1) is 23.4 Å². The van der Waals surface area contributed by atoms with Crippen molar-refractivity contribution < 1.29 is 4.39 Å². The molecule has 1 saturated carbocycles. The molecule has 34 heavy (non-hydrogen) atoms. The van der Waals surface area contributed by atoms with E-state index in [1.807, 2.05) is 18.5 Å². The van der Waals surface area contributed by atoms with Crippen molar-refractivity contribution >= 4 is 5.95 Å². The number of anilines is 1. The number of aromatic nitrogens is 4. The van der Waals surface area contributed by atoms with Crippen LogP contribution in [0.15, 0.2) is 73.2 Å². The molecular formula is C28H30FN5. The molecule has 2 heterocycles. The third-order valence-corrected chi connectivity index (χ3v) is 6.55. The Kier molecular flexibility index (Phi) is 6.94. The minimum Gasteiger partial charge on any atom is -0.354 e. The molecule has 0 saturated heterocycles. The zero-order chi connectivity index (χ0) is 23.2. The minimum atomic E-state index is -0.249. The number of hydrogen-bond donors (Lipinski definition) is 1. The second-order valence-corrected chi connectivity index (χ2v) is 8.93. The topological polar surface area (TPSA) is 55.6 Å². The Bertz CT molecular complexity index is 1200. The lowest BCUT2D eigenvalue weighted by molar-refractivity contribution is 0.355. The largest absolute Gasteiger partial charge is 0.354 e. The summed E-state index contributed by atoms with van der Waals surface area (Å²) in [7, 11) is 0. The van der Waals surface area contributed by atoms with E-state index >= 15 is 0 Å². The molecule has 174 valence electrons. The first-order valence-electron chi connectivity index (χ1n) is 12.2. The fourth-order valence-electron chi connectivity index (χ4n) is 4.78. The molecule has 0 radical (unpaired) electrons. The van der Waals surface area contributed by atoms with Gasteiger partial charge in [-0.25, -0.2) is 19.3 Å². The van der Waals surface area contributed by atoms with Gasteiger partial charge in [0.2, 0.25) is 5.95 Å². The van der Waals surface area contributed by atoms with Gasteiger partial charge in [0.15, 0.2) is 0 Å². The molecule has 2 aromatic heterocycles. The zero-order valence-corrected chi connectivity index (χ0v) is 19.3. The van der Waals surface area contributed by atoms with Gasteiger partial charge >= 0.3 is 0 Å². The maximum Gasteiger partial charge on any atom is 0.223 e. The first-order chi connectivity index (χ1) is 16.8. The highest BCUT2D eigenvalue weighted by Gasteiger charge is 2.23. The SMILES string of the molecule is Fc1ccc(-c2ncn(C3CCCCC3)c2-c2ccnc(NCCCc3ccccc3)n2)cc1. The molecule has 1 N–H and O–H groups in total. The molecule has 0 bridgehead atoms. The molecule has 0 atom stereocenters. The van der Waals surface area contributed by atoms with E-state index < -0.39 is 0 Å². The number of imidazole rings is 1. The number of halogens is 1. The highest BCUT2D eigenvalue weighted by molar-refractivity contribution is 5.77. The molecule has 5 nitrogen and oxygen atoms in total. The van der Waals surface area contributed by atoms with Gasteiger partial charge in [-0.05, 0) is 61.6 Å². The van der Waals surface area contributed by atoms with E-state index in [1.54, 1.807) is 18.3 Å². The highest BCUT2D eigenvalue weighted by atomic mass is 19.1. The molecule has 5 rings (SSSR count). The van der Waals surface area contributed by atoms with Crippen LogP contribution in [0.4, 0.5) is 10.3 Å². The van der Waals surface area contributed by atoms with Crippen molar-refractivity contribution in [2.45, 2.75) is 51.0 Å². The average Bonchev–Trinajstić information content (AvgIpc) is 3.34. The lowest BCUT2D eigenvalue weighted by atomic mass is 9.95. The van der Waals surface area contributed by atoms with Gasteiger partial charge in [-0.2, -0.15) is 0 Å². The van der Waals surface area contributed by atoms with E-state index in [2.05, 4.69) is 39.1 Å². The third-order valence-electron chi connectivity index (χ3n) is 6.55. The molecule has 0 aliphatic heterocycles. The predicted octanol–water partition coefficient (Wildman–Crippen LogP) is 6.70. The number of benzene rings is 2. The normalized spacial score (nSPS) is 14.3. The van der Waals surface area contributed by atoms with Crippen molar-refractivity contribution in [3.05, 3.63) is 84.6 Å².